The maximum atomic E-state index is 13.5. The molecule has 1 nitrogen and oxygen atoms in total. The SMILES string of the molecule is Cc1ccc(C(=O)c2cc(C)c(Br)cc2C)cc1F. The number of carbonyl (C=O) groups is 1. The molecule has 19 heavy (non-hydrogen) atoms. The van der Waals surface area contributed by atoms with Crippen molar-refractivity contribution in [3.05, 3.63) is 68.4 Å². The molecule has 0 aliphatic heterocycles. The smallest absolute Gasteiger partial charge is 0.193 e. The van der Waals surface area contributed by atoms with Crippen LogP contribution in [0.25, 0.3) is 0 Å². The monoisotopic (exact) mass is 320 g/mol. The summed E-state index contributed by atoms with van der Waals surface area (Å²) >= 11 is 3.44. The van der Waals surface area contributed by atoms with Gasteiger partial charge >= 0.3 is 0 Å². The minimum absolute atomic E-state index is 0.146. The van der Waals surface area contributed by atoms with Gasteiger partial charge in [0.1, 0.15) is 5.82 Å². The lowest BCUT2D eigenvalue weighted by atomic mass is 9.96. The van der Waals surface area contributed by atoms with Crippen LogP contribution in [0, 0.1) is 26.6 Å². The molecule has 3 heteroatoms. The number of aryl methyl sites for hydroxylation is 3. The maximum Gasteiger partial charge on any atom is 0.193 e. The number of ketones is 1. The molecule has 0 aliphatic rings. The van der Waals surface area contributed by atoms with E-state index in [0.717, 1.165) is 15.6 Å². The van der Waals surface area contributed by atoms with Crippen LogP contribution in [0.1, 0.15) is 32.6 Å². The normalized spacial score (nSPS) is 10.6. The van der Waals surface area contributed by atoms with Gasteiger partial charge in [-0.2, -0.15) is 0 Å². The summed E-state index contributed by atoms with van der Waals surface area (Å²) in [5, 5.41) is 0. The molecule has 0 radical (unpaired) electrons. The van der Waals surface area contributed by atoms with Crippen LogP contribution in [0.15, 0.2) is 34.8 Å². The van der Waals surface area contributed by atoms with E-state index < -0.39 is 0 Å². The Labute approximate surface area is 120 Å². The second-order valence-electron chi connectivity index (χ2n) is 4.71. The zero-order valence-corrected chi connectivity index (χ0v) is 12.6. The summed E-state index contributed by atoms with van der Waals surface area (Å²) in [6.45, 7) is 5.48. The van der Waals surface area contributed by atoms with Gasteiger partial charge in [-0.15, -0.1) is 0 Å². The lowest BCUT2D eigenvalue weighted by Crippen LogP contribution is -2.05. The van der Waals surface area contributed by atoms with Crippen molar-refractivity contribution in [3.8, 4) is 0 Å². The van der Waals surface area contributed by atoms with Crippen molar-refractivity contribution in [3.63, 3.8) is 0 Å². The molecule has 98 valence electrons. The van der Waals surface area contributed by atoms with Gasteiger partial charge in [-0.3, -0.25) is 4.79 Å². The Morgan fingerprint density at radius 2 is 1.68 bits per heavy atom. The predicted molar refractivity (Wildman–Crippen MR) is 78.2 cm³/mol. The third-order valence-electron chi connectivity index (χ3n) is 3.18. The van der Waals surface area contributed by atoms with Gasteiger partial charge in [-0.1, -0.05) is 28.1 Å². The zero-order valence-electron chi connectivity index (χ0n) is 11.1. The molecule has 0 N–H and O–H groups in total. The quantitative estimate of drug-likeness (QED) is 0.730. The van der Waals surface area contributed by atoms with Gasteiger partial charge in [0.05, 0.1) is 0 Å². The van der Waals surface area contributed by atoms with Gasteiger partial charge in [0.15, 0.2) is 5.78 Å². The Hall–Kier alpha value is -1.48. The summed E-state index contributed by atoms with van der Waals surface area (Å²) < 4.78 is 14.5. The maximum absolute atomic E-state index is 13.5. The van der Waals surface area contributed by atoms with E-state index >= 15 is 0 Å². The van der Waals surface area contributed by atoms with E-state index in [1.54, 1.807) is 19.1 Å². The minimum Gasteiger partial charge on any atom is -0.289 e. The van der Waals surface area contributed by atoms with Crippen LogP contribution in [-0.4, -0.2) is 5.78 Å². The third-order valence-corrected chi connectivity index (χ3v) is 4.04. The van der Waals surface area contributed by atoms with Crippen LogP contribution < -0.4 is 0 Å². The summed E-state index contributed by atoms with van der Waals surface area (Å²) in [5.41, 5.74) is 3.40. The molecule has 2 aromatic rings. The molecule has 2 rings (SSSR count). The van der Waals surface area contributed by atoms with E-state index in [9.17, 15) is 9.18 Å². The van der Waals surface area contributed by atoms with E-state index in [4.69, 9.17) is 0 Å². The van der Waals surface area contributed by atoms with Crippen LogP contribution in [0.5, 0.6) is 0 Å². The van der Waals surface area contributed by atoms with Gasteiger partial charge in [0.2, 0.25) is 0 Å². The topological polar surface area (TPSA) is 17.1 Å². The van der Waals surface area contributed by atoms with Crippen LogP contribution >= 0.6 is 15.9 Å². The Morgan fingerprint density at radius 3 is 2.32 bits per heavy atom. The van der Waals surface area contributed by atoms with Crippen molar-refractivity contribution >= 4 is 21.7 Å². The molecule has 0 aliphatic carbocycles. The lowest BCUT2D eigenvalue weighted by Gasteiger charge is -2.09. The molecule has 2 aromatic carbocycles. The number of rotatable bonds is 2. The Bertz CT molecular complexity index is 662. The fraction of sp³-hybridized carbons (Fsp3) is 0.188. The van der Waals surface area contributed by atoms with Gasteiger partial charge in [0.25, 0.3) is 0 Å². The number of benzene rings is 2. The van der Waals surface area contributed by atoms with Crippen molar-refractivity contribution in [1.82, 2.24) is 0 Å². The van der Waals surface area contributed by atoms with E-state index in [1.807, 2.05) is 26.0 Å². The molecule has 0 fully saturated rings. The second-order valence-corrected chi connectivity index (χ2v) is 5.56. The summed E-state index contributed by atoms with van der Waals surface area (Å²) in [5.74, 6) is -0.496. The highest BCUT2D eigenvalue weighted by molar-refractivity contribution is 9.10. The first-order valence-electron chi connectivity index (χ1n) is 5.97. The minimum atomic E-state index is -0.350. The molecule has 0 spiro atoms. The first-order chi connectivity index (χ1) is 8.90. The van der Waals surface area contributed by atoms with E-state index in [0.29, 0.717) is 16.7 Å². The Morgan fingerprint density at radius 1 is 1.00 bits per heavy atom. The van der Waals surface area contributed by atoms with Crippen molar-refractivity contribution in [2.24, 2.45) is 0 Å². The van der Waals surface area contributed by atoms with Gasteiger partial charge < -0.3 is 0 Å². The Balaban J connectivity index is 2.49. The largest absolute Gasteiger partial charge is 0.289 e. The average molecular weight is 321 g/mol. The third kappa shape index (κ3) is 2.76. The number of hydrogen-bond donors (Lipinski definition) is 0. The molecule has 0 saturated heterocycles. The molecule has 0 amide bonds. The fourth-order valence-electron chi connectivity index (χ4n) is 1.92. The first-order valence-corrected chi connectivity index (χ1v) is 6.77. The summed E-state index contributed by atoms with van der Waals surface area (Å²) in [6.07, 6.45) is 0. The van der Waals surface area contributed by atoms with Crippen LogP contribution in [0.4, 0.5) is 4.39 Å². The Kier molecular flexibility index (Phi) is 3.85. The summed E-state index contributed by atoms with van der Waals surface area (Å²) in [7, 11) is 0. The van der Waals surface area contributed by atoms with E-state index in [1.165, 1.54) is 6.07 Å². The van der Waals surface area contributed by atoms with Gasteiger partial charge in [-0.05, 0) is 55.7 Å². The number of carbonyl (C=O) groups excluding carboxylic acids is 1. The van der Waals surface area contributed by atoms with Gasteiger partial charge in [-0.25, -0.2) is 4.39 Å². The van der Waals surface area contributed by atoms with Crippen molar-refractivity contribution in [1.29, 1.82) is 0 Å². The van der Waals surface area contributed by atoms with Crippen LogP contribution in [-0.2, 0) is 0 Å². The molecular weight excluding hydrogens is 307 g/mol. The van der Waals surface area contributed by atoms with Crippen molar-refractivity contribution in [2.45, 2.75) is 20.8 Å². The standard InChI is InChI=1S/C16H14BrFO/c1-9-4-5-12(8-15(9)18)16(19)13-6-11(3)14(17)7-10(13)2/h4-8H,1-3H3. The summed E-state index contributed by atoms with van der Waals surface area (Å²) in [4.78, 5) is 12.4. The zero-order chi connectivity index (χ0) is 14.2. The molecule has 0 heterocycles. The number of hydrogen-bond acceptors (Lipinski definition) is 1. The molecule has 0 aromatic heterocycles. The highest BCUT2D eigenvalue weighted by Gasteiger charge is 2.14. The fourth-order valence-corrected chi connectivity index (χ4v) is 2.37. The second kappa shape index (κ2) is 5.25. The van der Waals surface area contributed by atoms with E-state index in [-0.39, 0.29) is 11.6 Å². The summed E-state index contributed by atoms with van der Waals surface area (Å²) in [6, 6.07) is 8.34. The molecule has 0 atom stereocenters. The number of halogens is 2. The molecule has 0 saturated carbocycles. The van der Waals surface area contributed by atoms with Crippen LogP contribution in [0.2, 0.25) is 0 Å². The highest BCUT2D eigenvalue weighted by Crippen LogP contribution is 2.23. The first kappa shape index (κ1) is 13.9. The van der Waals surface area contributed by atoms with Crippen LogP contribution in [0.3, 0.4) is 0 Å². The highest BCUT2D eigenvalue weighted by atomic mass is 79.9. The van der Waals surface area contributed by atoms with Crippen molar-refractivity contribution < 1.29 is 9.18 Å². The average Bonchev–Trinajstić information content (AvgIpc) is 2.36. The van der Waals surface area contributed by atoms with Gasteiger partial charge in [0, 0.05) is 15.6 Å². The molecule has 0 bridgehead atoms. The predicted octanol–water partition coefficient (Wildman–Crippen LogP) is 4.74. The van der Waals surface area contributed by atoms with E-state index in [2.05, 4.69) is 15.9 Å². The lowest BCUT2D eigenvalue weighted by molar-refractivity contribution is 0.103. The van der Waals surface area contributed by atoms with Crippen molar-refractivity contribution in [2.75, 3.05) is 0 Å². The molecule has 0 unspecified atom stereocenters. The molecular formula is C16H14BrFO.